The molecule has 152 valence electrons. The number of esters is 1. The van der Waals surface area contributed by atoms with Crippen LogP contribution in [-0.4, -0.2) is 40.8 Å². The standard InChI is InChI=1S/C20H24N2O5.ClH/c1-20(21,12-13-6-4-3-5-7-13)19(26)22-15(18(25)27-2)10-14-8-9-16(23)17(24)11-14;/h3-9,11,15,23-24H,10,12,21H2,1-2H3,(H,22,26);1H/t15-,20-;/m0./s1. The van der Waals surface area contributed by atoms with Crippen LogP contribution in [0.4, 0.5) is 0 Å². The molecule has 1 amide bonds. The molecule has 2 aromatic carbocycles. The molecular weight excluding hydrogens is 384 g/mol. The number of nitrogens with two attached hydrogens (primary N) is 1. The summed E-state index contributed by atoms with van der Waals surface area (Å²) < 4.78 is 4.76. The third kappa shape index (κ3) is 6.14. The Balaban J connectivity index is 0.00000392. The first-order chi connectivity index (χ1) is 12.7. The Morgan fingerprint density at radius 2 is 1.75 bits per heavy atom. The van der Waals surface area contributed by atoms with Crippen LogP contribution in [0.25, 0.3) is 0 Å². The summed E-state index contributed by atoms with van der Waals surface area (Å²) >= 11 is 0. The largest absolute Gasteiger partial charge is 0.504 e. The predicted octanol–water partition coefficient (Wildman–Crippen LogP) is 1.68. The molecule has 0 aliphatic carbocycles. The fraction of sp³-hybridized carbons (Fsp3) is 0.300. The van der Waals surface area contributed by atoms with Crippen LogP contribution in [0.3, 0.4) is 0 Å². The Hall–Kier alpha value is -2.77. The summed E-state index contributed by atoms with van der Waals surface area (Å²) in [5.41, 5.74) is 6.39. The molecule has 0 heterocycles. The lowest BCUT2D eigenvalue weighted by atomic mass is 9.92. The molecule has 7 nitrogen and oxygen atoms in total. The lowest BCUT2D eigenvalue weighted by Crippen LogP contribution is -2.57. The molecule has 5 N–H and O–H groups in total. The Bertz CT molecular complexity index is 811. The van der Waals surface area contributed by atoms with E-state index in [1.54, 1.807) is 13.0 Å². The van der Waals surface area contributed by atoms with Crippen LogP contribution in [0.5, 0.6) is 11.5 Å². The van der Waals surface area contributed by atoms with Crippen molar-refractivity contribution in [3.05, 3.63) is 59.7 Å². The van der Waals surface area contributed by atoms with Gasteiger partial charge in [0.05, 0.1) is 12.6 Å². The fourth-order valence-corrected chi connectivity index (χ4v) is 2.69. The maximum atomic E-state index is 12.7. The van der Waals surface area contributed by atoms with Crippen LogP contribution in [0.1, 0.15) is 18.1 Å². The van der Waals surface area contributed by atoms with Crippen molar-refractivity contribution in [2.75, 3.05) is 7.11 Å². The van der Waals surface area contributed by atoms with Gasteiger partial charge < -0.3 is 26.0 Å². The predicted molar refractivity (Wildman–Crippen MR) is 107 cm³/mol. The minimum atomic E-state index is -1.23. The van der Waals surface area contributed by atoms with Crippen LogP contribution >= 0.6 is 12.4 Å². The molecule has 0 aromatic heterocycles. The first-order valence-electron chi connectivity index (χ1n) is 8.45. The normalized spacial score (nSPS) is 13.5. The lowest BCUT2D eigenvalue weighted by Gasteiger charge is -2.26. The number of carbonyl (C=O) groups is 2. The molecule has 0 saturated carbocycles. The number of benzene rings is 2. The number of carbonyl (C=O) groups excluding carboxylic acids is 2. The number of ether oxygens (including phenoxy) is 1. The van der Waals surface area contributed by atoms with Crippen molar-refractivity contribution in [1.29, 1.82) is 0 Å². The van der Waals surface area contributed by atoms with Gasteiger partial charge in [-0.1, -0.05) is 36.4 Å². The van der Waals surface area contributed by atoms with Gasteiger partial charge in [-0.15, -0.1) is 12.4 Å². The number of nitrogens with one attached hydrogen (secondary N) is 1. The van der Waals surface area contributed by atoms with Gasteiger partial charge >= 0.3 is 5.97 Å². The summed E-state index contributed by atoms with van der Waals surface area (Å²) in [4.78, 5) is 24.8. The average molecular weight is 409 g/mol. The molecule has 0 spiro atoms. The van der Waals surface area contributed by atoms with E-state index in [0.29, 0.717) is 12.0 Å². The van der Waals surface area contributed by atoms with Gasteiger partial charge in [0.2, 0.25) is 5.91 Å². The molecule has 0 aliphatic heterocycles. The van der Waals surface area contributed by atoms with Gasteiger partial charge in [0.25, 0.3) is 0 Å². The van der Waals surface area contributed by atoms with E-state index in [1.165, 1.54) is 19.2 Å². The zero-order valence-corrected chi connectivity index (χ0v) is 16.5. The fourth-order valence-electron chi connectivity index (χ4n) is 2.69. The molecule has 8 heteroatoms. The molecular formula is C20H25ClN2O5. The van der Waals surface area contributed by atoms with E-state index in [0.717, 1.165) is 5.56 Å². The Morgan fingerprint density at radius 1 is 1.11 bits per heavy atom. The van der Waals surface area contributed by atoms with E-state index in [9.17, 15) is 19.8 Å². The van der Waals surface area contributed by atoms with Gasteiger partial charge in [-0.3, -0.25) is 4.79 Å². The van der Waals surface area contributed by atoms with Crippen LogP contribution in [0.2, 0.25) is 0 Å². The Morgan fingerprint density at radius 3 is 2.32 bits per heavy atom. The third-order valence-corrected chi connectivity index (χ3v) is 4.20. The quantitative estimate of drug-likeness (QED) is 0.408. The second-order valence-electron chi connectivity index (χ2n) is 6.66. The highest BCUT2D eigenvalue weighted by Crippen LogP contribution is 2.25. The maximum absolute atomic E-state index is 12.7. The van der Waals surface area contributed by atoms with Crippen molar-refractivity contribution < 1.29 is 24.5 Å². The monoisotopic (exact) mass is 408 g/mol. The summed E-state index contributed by atoms with van der Waals surface area (Å²) in [5.74, 6) is -1.71. The molecule has 0 unspecified atom stereocenters. The molecule has 0 bridgehead atoms. The van der Waals surface area contributed by atoms with Gasteiger partial charge in [0, 0.05) is 6.42 Å². The average Bonchev–Trinajstić information content (AvgIpc) is 2.63. The van der Waals surface area contributed by atoms with Gasteiger partial charge in [-0.25, -0.2) is 4.79 Å². The summed E-state index contributed by atoms with van der Waals surface area (Å²) in [6, 6.07) is 12.5. The molecule has 0 aliphatic rings. The topological polar surface area (TPSA) is 122 Å². The maximum Gasteiger partial charge on any atom is 0.328 e. The Labute approximate surface area is 169 Å². The second kappa shape index (κ2) is 9.96. The zero-order valence-electron chi connectivity index (χ0n) is 15.7. The molecule has 0 fully saturated rings. The number of hydrogen-bond acceptors (Lipinski definition) is 6. The Kier molecular flexibility index (Phi) is 8.28. The van der Waals surface area contributed by atoms with Gasteiger partial charge in [-0.2, -0.15) is 0 Å². The van der Waals surface area contributed by atoms with E-state index in [1.807, 2.05) is 30.3 Å². The van der Waals surface area contributed by atoms with Crippen molar-refractivity contribution in [2.45, 2.75) is 31.3 Å². The van der Waals surface area contributed by atoms with E-state index in [2.05, 4.69) is 5.32 Å². The van der Waals surface area contributed by atoms with Crippen LogP contribution in [-0.2, 0) is 27.2 Å². The highest BCUT2D eigenvalue weighted by atomic mass is 35.5. The second-order valence-corrected chi connectivity index (χ2v) is 6.66. The molecule has 0 saturated heterocycles. The van der Waals surface area contributed by atoms with Gasteiger partial charge in [0.15, 0.2) is 11.5 Å². The minimum Gasteiger partial charge on any atom is -0.504 e. The van der Waals surface area contributed by atoms with Crippen molar-refractivity contribution in [3.8, 4) is 11.5 Å². The molecule has 2 rings (SSSR count). The van der Waals surface area contributed by atoms with E-state index >= 15 is 0 Å². The first-order valence-corrected chi connectivity index (χ1v) is 8.45. The number of aromatic hydroxyl groups is 2. The smallest absolute Gasteiger partial charge is 0.328 e. The van der Waals surface area contributed by atoms with Crippen molar-refractivity contribution in [3.63, 3.8) is 0 Å². The van der Waals surface area contributed by atoms with Gasteiger partial charge in [0.1, 0.15) is 6.04 Å². The molecule has 0 radical (unpaired) electrons. The van der Waals surface area contributed by atoms with Crippen molar-refractivity contribution in [2.24, 2.45) is 5.73 Å². The highest BCUT2D eigenvalue weighted by molar-refractivity contribution is 5.90. The van der Waals surface area contributed by atoms with E-state index < -0.39 is 23.5 Å². The van der Waals surface area contributed by atoms with E-state index in [4.69, 9.17) is 10.5 Å². The number of methoxy groups -OCH3 is 1. The first kappa shape index (κ1) is 23.3. The van der Waals surface area contributed by atoms with Gasteiger partial charge in [-0.05, 0) is 36.6 Å². The number of hydrogen-bond donors (Lipinski definition) is 4. The van der Waals surface area contributed by atoms with Crippen LogP contribution in [0.15, 0.2) is 48.5 Å². The van der Waals surface area contributed by atoms with Crippen LogP contribution in [0, 0.1) is 0 Å². The van der Waals surface area contributed by atoms with Crippen molar-refractivity contribution in [1.82, 2.24) is 5.32 Å². The summed E-state index contributed by atoms with van der Waals surface area (Å²) in [5, 5.41) is 21.6. The third-order valence-electron chi connectivity index (χ3n) is 4.20. The molecule has 2 aromatic rings. The van der Waals surface area contributed by atoms with Crippen LogP contribution < -0.4 is 11.1 Å². The van der Waals surface area contributed by atoms with Crippen molar-refractivity contribution >= 4 is 24.3 Å². The lowest BCUT2D eigenvalue weighted by molar-refractivity contribution is -0.145. The highest BCUT2D eigenvalue weighted by Gasteiger charge is 2.32. The number of amides is 1. The summed E-state index contributed by atoms with van der Waals surface area (Å²) in [6.45, 7) is 1.59. The number of phenols is 2. The SMILES string of the molecule is COC(=O)[C@H](Cc1ccc(O)c(O)c1)NC(=O)[C@@](C)(N)Cc1ccccc1.Cl. The minimum absolute atomic E-state index is 0. The van der Waals surface area contributed by atoms with E-state index in [-0.39, 0.29) is 30.3 Å². The summed E-state index contributed by atoms with van der Waals surface area (Å²) in [7, 11) is 1.22. The number of halogens is 1. The number of phenolic OH excluding ortho intramolecular Hbond substituents is 2. The zero-order chi connectivity index (χ0) is 20.0. The molecule has 2 atom stereocenters. The number of rotatable bonds is 7. The molecule has 28 heavy (non-hydrogen) atoms. The summed E-state index contributed by atoms with van der Waals surface area (Å²) in [6.07, 6.45) is 0.376.